The van der Waals surface area contributed by atoms with Crippen molar-refractivity contribution < 1.29 is 14.3 Å². The molecule has 0 aliphatic rings. The summed E-state index contributed by atoms with van der Waals surface area (Å²) in [6.07, 6.45) is 0. The van der Waals surface area contributed by atoms with E-state index in [9.17, 15) is 4.79 Å². The Morgan fingerprint density at radius 2 is 1.67 bits per heavy atom. The maximum absolute atomic E-state index is 12.3. The average molecular weight is 445 g/mol. The zero-order chi connectivity index (χ0) is 21.5. The molecule has 3 aromatic rings. The number of para-hydroxylation sites is 1. The van der Waals surface area contributed by atoms with Crippen LogP contribution in [0.25, 0.3) is 0 Å². The van der Waals surface area contributed by atoms with E-state index < -0.39 is 0 Å². The van der Waals surface area contributed by atoms with Gasteiger partial charge in [0, 0.05) is 33.5 Å². The number of halogens is 2. The fraction of sp³-hybridized carbons (Fsp3) is 0.174. The maximum atomic E-state index is 12.3. The standard InChI is InChI=1S/C23H22Cl2N2O3/c1-15-6-8-19(9-7-15)27-22(28)14-30-23-16(4-3-5-21(23)29-2)13-26-20-11-17(24)10-18(25)12-20/h3-12,26H,13-14H2,1-2H3,(H,27,28). The molecule has 0 aliphatic carbocycles. The van der Waals surface area contributed by atoms with Gasteiger partial charge < -0.3 is 20.1 Å². The van der Waals surface area contributed by atoms with Gasteiger partial charge >= 0.3 is 0 Å². The lowest BCUT2D eigenvalue weighted by Gasteiger charge is -2.16. The number of methoxy groups -OCH3 is 1. The van der Waals surface area contributed by atoms with Crippen LogP contribution in [0.15, 0.2) is 60.7 Å². The highest BCUT2D eigenvalue weighted by molar-refractivity contribution is 6.35. The Kier molecular flexibility index (Phi) is 7.44. The maximum Gasteiger partial charge on any atom is 0.262 e. The largest absolute Gasteiger partial charge is 0.493 e. The van der Waals surface area contributed by atoms with Crippen molar-refractivity contribution in [2.75, 3.05) is 24.4 Å². The second kappa shape index (κ2) is 10.2. The summed E-state index contributed by atoms with van der Waals surface area (Å²) >= 11 is 12.1. The first-order chi connectivity index (χ1) is 14.4. The molecule has 0 heterocycles. The van der Waals surface area contributed by atoms with Crippen molar-refractivity contribution in [3.8, 4) is 11.5 Å². The molecule has 0 saturated carbocycles. The van der Waals surface area contributed by atoms with Crippen LogP contribution in [0.2, 0.25) is 10.0 Å². The lowest BCUT2D eigenvalue weighted by Crippen LogP contribution is -2.21. The van der Waals surface area contributed by atoms with Crippen molar-refractivity contribution in [3.63, 3.8) is 0 Å². The first kappa shape index (κ1) is 21.8. The third-order valence-corrected chi connectivity index (χ3v) is 4.75. The molecular formula is C23H22Cl2N2O3. The monoisotopic (exact) mass is 444 g/mol. The molecule has 5 nitrogen and oxygen atoms in total. The van der Waals surface area contributed by atoms with Gasteiger partial charge in [-0.1, -0.05) is 53.0 Å². The molecule has 1 amide bonds. The Bertz CT molecular complexity index is 1000. The second-order valence-corrected chi connectivity index (χ2v) is 7.54. The number of hydrogen-bond acceptors (Lipinski definition) is 4. The third-order valence-electron chi connectivity index (χ3n) is 4.31. The number of carbonyl (C=O) groups excluding carboxylic acids is 1. The third kappa shape index (κ3) is 6.05. The van der Waals surface area contributed by atoms with E-state index in [2.05, 4.69) is 10.6 Å². The molecule has 0 atom stereocenters. The van der Waals surface area contributed by atoms with Crippen LogP contribution in [-0.2, 0) is 11.3 Å². The molecule has 0 fully saturated rings. The molecule has 156 valence electrons. The molecular weight excluding hydrogens is 423 g/mol. The zero-order valence-corrected chi connectivity index (χ0v) is 18.2. The second-order valence-electron chi connectivity index (χ2n) is 6.66. The van der Waals surface area contributed by atoms with Gasteiger partial charge in [-0.15, -0.1) is 0 Å². The summed E-state index contributed by atoms with van der Waals surface area (Å²) < 4.78 is 11.2. The first-order valence-electron chi connectivity index (χ1n) is 9.30. The zero-order valence-electron chi connectivity index (χ0n) is 16.7. The van der Waals surface area contributed by atoms with E-state index in [1.54, 1.807) is 31.4 Å². The van der Waals surface area contributed by atoms with Gasteiger partial charge in [-0.3, -0.25) is 4.79 Å². The van der Waals surface area contributed by atoms with Gasteiger partial charge in [0.2, 0.25) is 0 Å². The number of amides is 1. The molecule has 0 aliphatic heterocycles. The van der Waals surface area contributed by atoms with Crippen molar-refractivity contribution in [1.29, 1.82) is 0 Å². The quantitative estimate of drug-likeness (QED) is 0.451. The minimum Gasteiger partial charge on any atom is -0.493 e. The molecule has 3 aromatic carbocycles. The minimum atomic E-state index is -0.259. The topological polar surface area (TPSA) is 59.6 Å². The molecule has 0 unspecified atom stereocenters. The van der Waals surface area contributed by atoms with E-state index >= 15 is 0 Å². The molecule has 0 radical (unpaired) electrons. The number of anilines is 2. The van der Waals surface area contributed by atoms with Crippen molar-refractivity contribution in [3.05, 3.63) is 81.8 Å². The van der Waals surface area contributed by atoms with E-state index in [0.29, 0.717) is 33.8 Å². The van der Waals surface area contributed by atoms with Crippen LogP contribution in [0.3, 0.4) is 0 Å². The van der Waals surface area contributed by atoms with Crippen LogP contribution in [-0.4, -0.2) is 19.6 Å². The van der Waals surface area contributed by atoms with Crippen LogP contribution in [0.1, 0.15) is 11.1 Å². The first-order valence-corrected chi connectivity index (χ1v) is 10.1. The Morgan fingerprint density at radius 3 is 2.33 bits per heavy atom. The predicted octanol–water partition coefficient (Wildman–Crippen LogP) is 5.94. The lowest BCUT2D eigenvalue weighted by molar-refractivity contribution is -0.118. The highest BCUT2D eigenvalue weighted by Crippen LogP contribution is 2.32. The van der Waals surface area contributed by atoms with Gasteiger partial charge in [-0.05, 0) is 43.3 Å². The highest BCUT2D eigenvalue weighted by Gasteiger charge is 2.13. The van der Waals surface area contributed by atoms with E-state index in [0.717, 1.165) is 16.8 Å². The highest BCUT2D eigenvalue weighted by atomic mass is 35.5. The van der Waals surface area contributed by atoms with Crippen molar-refractivity contribution in [2.45, 2.75) is 13.5 Å². The summed E-state index contributed by atoms with van der Waals surface area (Å²) in [7, 11) is 1.56. The van der Waals surface area contributed by atoms with Crippen LogP contribution in [0, 0.1) is 6.92 Å². The average Bonchev–Trinajstić information content (AvgIpc) is 2.71. The fourth-order valence-corrected chi connectivity index (χ4v) is 3.38. The molecule has 2 N–H and O–H groups in total. The molecule has 30 heavy (non-hydrogen) atoms. The van der Waals surface area contributed by atoms with Gasteiger partial charge in [0.15, 0.2) is 18.1 Å². The van der Waals surface area contributed by atoms with Crippen molar-refractivity contribution in [1.82, 2.24) is 0 Å². The Labute approximate surface area is 185 Å². The Hall–Kier alpha value is -2.89. The number of ether oxygens (including phenoxy) is 2. The normalized spacial score (nSPS) is 10.4. The van der Waals surface area contributed by atoms with Crippen LogP contribution >= 0.6 is 23.2 Å². The van der Waals surface area contributed by atoms with E-state index in [1.165, 1.54) is 0 Å². The summed E-state index contributed by atoms with van der Waals surface area (Å²) in [6, 6.07) is 18.3. The number of hydrogen-bond donors (Lipinski definition) is 2. The summed E-state index contributed by atoms with van der Waals surface area (Å²) in [5.41, 5.74) is 3.44. The molecule has 0 aromatic heterocycles. The van der Waals surface area contributed by atoms with E-state index in [1.807, 2.05) is 43.3 Å². The Morgan fingerprint density at radius 1 is 0.967 bits per heavy atom. The number of nitrogens with one attached hydrogen (secondary N) is 2. The SMILES string of the molecule is COc1cccc(CNc2cc(Cl)cc(Cl)c2)c1OCC(=O)Nc1ccc(C)cc1. The molecule has 0 bridgehead atoms. The lowest BCUT2D eigenvalue weighted by atomic mass is 10.1. The van der Waals surface area contributed by atoms with Crippen LogP contribution in [0.5, 0.6) is 11.5 Å². The van der Waals surface area contributed by atoms with Crippen molar-refractivity contribution in [2.24, 2.45) is 0 Å². The number of aryl methyl sites for hydroxylation is 1. The Balaban J connectivity index is 1.68. The van der Waals surface area contributed by atoms with Crippen LogP contribution in [0.4, 0.5) is 11.4 Å². The smallest absolute Gasteiger partial charge is 0.262 e. The summed E-state index contributed by atoms with van der Waals surface area (Å²) in [5.74, 6) is 0.784. The molecule has 0 saturated heterocycles. The van der Waals surface area contributed by atoms with Crippen LogP contribution < -0.4 is 20.1 Å². The van der Waals surface area contributed by atoms with Gasteiger partial charge in [-0.2, -0.15) is 0 Å². The fourth-order valence-electron chi connectivity index (χ4n) is 2.85. The van der Waals surface area contributed by atoms with E-state index in [4.69, 9.17) is 32.7 Å². The summed E-state index contributed by atoms with van der Waals surface area (Å²) in [4.78, 5) is 12.3. The molecule has 3 rings (SSSR count). The van der Waals surface area contributed by atoms with E-state index in [-0.39, 0.29) is 12.5 Å². The minimum absolute atomic E-state index is 0.149. The summed E-state index contributed by atoms with van der Waals surface area (Å²) in [5, 5.41) is 7.16. The van der Waals surface area contributed by atoms with Gasteiger partial charge in [-0.25, -0.2) is 0 Å². The molecule has 0 spiro atoms. The number of rotatable bonds is 8. The predicted molar refractivity (Wildman–Crippen MR) is 122 cm³/mol. The summed E-state index contributed by atoms with van der Waals surface area (Å²) in [6.45, 7) is 2.27. The van der Waals surface area contributed by atoms with Gasteiger partial charge in [0.05, 0.1) is 7.11 Å². The molecule has 7 heteroatoms. The van der Waals surface area contributed by atoms with Crippen molar-refractivity contribution >= 4 is 40.5 Å². The number of benzene rings is 3. The van der Waals surface area contributed by atoms with Gasteiger partial charge in [0.25, 0.3) is 5.91 Å². The number of carbonyl (C=O) groups is 1. The van der Waals surface area contributed by atoms with Gasteiger partial charge in [0.1, 0.15) is 0 Å².